The smallest absolute Gasteiger partial charge is 0.186 e. The summed E-state index contributed by atoms with van der Waals surface area (Å²) in [7, 11) is 0. The average molecular weight is 582 g/mol. The van der Waals surface area contributed by atoms with Gasteiger partial charge in [0, 0.05) is 29.5 Å². The van der Waals surface area contributed by atoms with Crippen LogP contribution in [-0.2, 0) is 9.59 Å². The van der Waals surface area contributed by atoms with Crippen molar-refractivity contribution in [2.45, 2.75) is 0 Å². The van der Waals surface area contributed by atoms with E-state index in [0.717, 1.165) is 36.1 Å². The average Bonchev–Trinajstić information content (AvgIpc) is 3.41. The first kappa shape index (κ1) is 21.5. The zero-order chi connectivity index (χ0) is 22.2. The highest BCUT2D eigenvalue weighted by molar-refractivity contribution is 9.11. The van der Waals surface area contributed by atoms with Crippen molar-refractivity contribution >= 4 is 103 Å². The lowest BCUT2D eigenvalue weighted by atomic mass is 9.91. The quantitative estimate of drug-likeness (QED) is 0.147. The summed E-state index contributed by atoms with van der Waals surface area (Å²) in [5, 5.41) is 8.39. The lowest BCUT2D eigenvalue weighted by Crippen LogP contribution is -2.07. The molecule has 0 aliphatic heterocycles. The van der Waals surface area contributed by atoms with Crippen LogP contribution in [0.1, 0.15) is 5.56 Å². The Morgan fingerprint density at radius 2 is 1.41 bits per heavy atom. The Balaban J connectivity index is 0.000000225. The Bertz CT molecular complexity index is 1540. The molecule has 2 aromatic heterocycles. The zero-order valence-corrected chi connectivity index (χ0v) is 21.3. The number of thiophene rings is 2. The summed E-state index contributed by atoms with van der Waals surface area (Å²) in [6.45, 7) is 0. The van der Waals surface area contributed by atoms with Gasteiger partial charge in [0.1, 0.15) is 0 Å². The van der Waals surface area contributed by atoms with E-state index in [0.29, 0.717) is 5.57 Å². The highest BCUT2D eigenvalue weighted by Gasteiger charge is 2.20. The van der Waals surface area contributed by atoms with Crippen molar-refractivity contribution in [2.75, 3.05) is 0 Å². The van der Waals surface area contributed by atoms with E-state index >= 15 is 0 Å². The number of hydrogen-bond donors (Lipinski definition) is 0. The number of rotatable bonds is 1. The van der Waals surface area contributed by atoms with Crippen LogP contribution in [0.3, 0.4) is 0 Å². The van der Waals surface area contributed by atoms with Crippen molar-refractivity contribution in [3.63, 3.8) is 0 Å². The molecule has 2 nitrogen and oxygen atoms in total. The number of halogens is 2. The molecule has 5 aromatic rings. The summed E-state index contributed by atoms with van der Waals surface area (Å²) in [6, 6.07) is 18.4. The Kier molecular flexibility index (Phi) is 5.95. The van der Waals surface area contributed by atoms with Gasteiger partial charge in [0.05, 0.1) is 0 Å². The topological polar surface area (TPSA) is 34.1 Å². The summed E-state index contributed by atoms with van der Waals surface area (Å²) < 4.78 is 4.61. The molecule has 1 aliphatic rings. The molecule has 0 bridgehead atoms. The van der Waals surface area contributed by atoms with Gasteiger partial charge in [0.25, 0.3) is 0 Å². The second-order valence-electron chi connectivity index (χ2n) is 7.18. The number of carbonyl (C=O) groups is 2. The Hall–Kier alpha value is -2.38. The molecule has 6 rings (SSSR count). The van der Waals surface area contributed by atoms with Crippen molar-refractivity contribution in [1.82, 2.24) is 0 Å². The van der Waals surface area contributed by atoms with Crippen molar-refractivity contribution in [1.29, 1.82) is 0 Å². The highest BCUT2D eigenvalue weighted by atomic mass is 79.9. The summed E-state index contributed by atoms with van der Waals surface area (Å²) in [4.78, 5) is 24.1. The van der Waals surface area contributed by atoms with Crippen LogP contribution >= 0.6 is 54.5 Å². The van der Waals surface area contributed by atoms with Crippen molar-refractivity contribution < 1.29 is 9.59 Å². The fourth-order valence-corrected chi connectivity index (χ4v) is 6.59. The van der Waals surface area contributed by atoms with Gasteiger partial charge in [-0.25, -0.2) is 0 Å². The summed E-state index contributed by atoms with van der Waals surface area (Å²) >= 11 is 10.7. The zero-order valence-electron chi connectivity index (χ0n) is 16.5. The van der Waals surface area contributed by atoms with Gasteiger partial charge in [0.15, 0.2) is 11.6 Å². The van der Waals surface area contributed by atoms with E-state index in [4.69, 9.17) is 0 Å². The second-order valence-corrected chi connectivity index (χ2v) is 10.8. The van der Waals surface area contributed by atoms with Gasteiger partial charge in [-0.1, -0.05) is 50.1 Å². The van der Waals surface area contributed by atoms with Gasteiger partial charge in [-0.15, -0.1) is 22.7 Å². The first-order valence-corrected chi connectivity index (χ1v) is 13.1. The predicted molar refractivity (Wildman–Crippen MR) is 144 cm³/mol. The van der Waals surface area contributed by atoms with Crippen LogP contribution in [0, 0.1) is 0 Å². The molecule has 2 heterocycles. The van der Waals surface area contributed by atoms with Crippen LogP contribution in [0.4, 0.5) is 0 Å². The molecule has 0 atom stereocenters. The first-order chi connectivity index (χ1) is 15.5. The number of hydrogen-bond acceptors (Lipinski definition) is 4. The molecule has 0 radical (unpaired) electrons. The molecular formula is C26H14Br2O2S2. The van der Waals surface area contributed by atoms with Crippen molar-refractivity contribution in [3.05, 3.63) is 98.1 Å². The molecular weight excluding hydrogens is 568 g/mol. The highest BCUT2D eigenvalue weighted by Crippen LogP contribution is 2.37. The molecule has 6 heteroatoms. The van der Waals surface area contributed by atoms with Crippen LogP contribution in [0.5, 0.6) is 0 Å². The normalized spacial score (nSPS) is 13.5. The summed E-state index contributed by atoms with van der Waals surface area (Å²) in [5.41, 5.74) is 1.18. The minimum Gasteiger partial charge on any atom is -0.290 e. The van der Waals surface area contributed by atoms with Gasteiger partial charge < -0.3 is 0 Å². The number of ketones is 2. The van der Waals surface area contributed by atoms with E-state index in [2.05, 4.69) is 73.0 Å². The van der Waals surface area contributed by atoms with Gasteiger partial charge in [-0.05, 0) is 86.9 Å². The monoisotopic (exact) mass is 580 g/mol. The van der Waals surface area contributed by atoms with Crippen LogP contribution in [0.15, 0.2) is 92.5 Å². The molecule has 0 saturated heterocycles. The van der Waals surface area contributed by atoms with Crippen molar-refractivity contribution in [2.24, 2.45) is 0 Å². The van der Waals surface area contributed by atoms with Gasteiger partial charge >= 0.3 is 0 Å². The third kappa shape index (κ3) is 4.04. The van der Waals surface area contributed by atoms with E-state index in [9.17, 15) is 9.59 Å². The Morgan fingerprint density at radius 1 is 0.688 bits per heavy atom. The fraction of sp³-hybridized carbons (Fsp3) is 0. The SMILES string of the molecule is O=C1C=CC(=O)C(c2c(Br)ccc3cc4cccc(Br)c4cc23)=C1.c1cc2sccc2s1. The van der Waals surface area contributed by atoms with Crippen LogP contribution < -0.4 is 0 Å². The molecule has 0 spiro atoms. The molecule has 0 N–H and O–H groups in total. The molecule has 156 valence electrons. The second kappa shape index (κ2) is 8.87. The van der Waals surface area contributed by atoms with E-state index in [-0.39, 0.29) is 11.6 Å². The largest absolute Gasteiger partial charge is 0.290 e. The minimum atomic E-state index is -0.171. The number of allylic oxidation sites excluding steroid dienone is 4. The molecule has 0 fully saturated rings. The standard InChI is InChI=1S/C20H10Br2O2.C6H4S2/c21-17-3-1-2-11-8-12-4-6-18(22)20(15(12)10-14(11)17)16-9-13(23)5-7-19(16)24;1-3-7-6-2-4-8-5(1)6/h1-10H;1-4H. The third-order valence-corrected chi connectivity index (χ3v) is 8.45. The molecule has 0 unspecified atom stereocenters. The van der Waals surface area contributed by atoms with Gasteiger partial charge in [-0.2, -0.15) is 0 Å². The van der Waals surface area contributed by atoms with Gasteiger partial charge in [0.2, 0.25) is 0 Å². The van der Waals surface area contributed by atoms with Crippen molar-refractivity contribution in [3.8, 4) is 0 Å². The lowest BCUT2D eigenvalue weighted by Gasteiger charge is -2.14. The van der Waals surface area contributed by atoms with E-state index in [1.165, 1.54) is 27.6 Å². The maximum atomic E-state index is 12.3. The van der Waals surface area contributed by atoms with Crippen LogP contribution in [0.2, 0.25) is 0 Å². The molecule has 32 heavy (non-hydrogen) atoms. The van der Waals surface area contributed by atoms with E-state index in [1.807, 2.05) is 24.3 Å². The summed E-state index contributed by atoms with van der Waals surface area (Å²) in [5.74, 6) is -0.328. The van der Waals surface area contributed by atoms with Crippen LogP contribution in [-0.4, -0.2) is 11.6 Å². The molecule has 0 saturated carbocycles. The maximum absolute atomic E-state index is 12.3. The third-order valence-electron chi connectivity index (χ3n) is 5.21. The predicted octanol–water partition coefficient (Wildman–Crippen LogP) is 8.57. The molecule has 1 aliphatic carbocycles. The molecule has 0 amide bonds. The fourth-order valence-electron chi connectivity index (χ4n) is 3.71. The molecule has 3 aromatic carbocycles. The van der Waals surface area contributed by atoms with Gasteiger partial charge in [-0.3, -0.25) is 9.59 Å². The lowest BCUT2D eigenvalue weighted by molar-refractivity contribution is -0.113. The first-order valence-electron chi connectivity index (χ1n) is 9.71. The van der Waals surface area contributed by atoms with E-state index in [1.54, 1.807) is 22.7 Å². The Morgan fingerprint density at radius 3 is 2.16 bits per heavy atom. The number of fused-ring (bicyclic) bond motifs is 3. The summed E-state index contributed by atoms with van der Waals surface area (Å²) in [6.07, 6.45) is 4.04. The van der Waals surface area contributed by atoms with Crippen LogP contribution in [0.25, 0.3) is 36.5 Å². The maximum Gasteiger partial charge on any atom is 0.186 e. The number of benzene rings is 3. The Labute approximate surface area is 209 Å². The van der Waals surface area contributed by atoms with E-state index < -0.39 is 0 Å². The number of carbonyl (C=O) groups excluding carboxylic acids is 2. The minimum absolute atomic E-state index is 0.157.